The molecule has 4 nitrogen and oxygen atoms in total. The Balaban J connectivity index is 1.98. The van der Waals surface area contributed by atoms with Crippen LogP contribution < -0.4 is 5.73 Å². The van der Waals surface area contributed by atoms with Crippen LogP contribution in [-0.2, 0) is 6.54 Å². The van der Waals surface area contributed by atoms with Crippen molar-refractivity contribution >= 4 is 16.7 Å². The highest BCUT2D eigenvalue weighted by molar-refractivity contribution is 5.77. The summed E-state index contributed by atoms with van der Waals surface area (Å²) in [5.41, 5.74) is 8.53. The lowest BCUT2D eigenvalue weighted by Crippen LogP contribution is -2.18. The smallest absolute Gasteiger partial charge is 0.113 e. The van der Waals surface area contributed by atoms with Crippen molar-refractivity contribution in [3.05, 3.63) is 18.2 Å². The molecule has 4 heteroatoms. The third kappa shape index (κ3) is 1.46. The van der Waals surface area contributed by atoms with Gasteiger partial charge < -0.3 is 5.73 Å². The molecule has 0 radical (unpaired) electrons. The maximum atomic E-state index is 5.76. The van der Waals surface area contributed by atoms with Crippen LogP contribution in [0.5, 0.6) is 0 Å². The van der Waals surface area contributed by atoms with Gasteiger partial charge >= 0.3 is 0 Å². The number of nitrogens with two attached hydrogens (primary N) is 1. The number of nitrogens with zero attached hydrogens (tertiary/aromatic N) is 3. The number of benzene rings is 1. The topological polar surface area (TPSA) is 56.7 Å². The minimum Gasteiger partial charge on any atom is -0.399 e. The quantitative estimate of drug-likeness (QED) is 0.755. The molecule has 2 N–H and O–H groups in total. The van der Waals surface area contributed by atoms with Crippen molar-refractivity contribution in [3.8, 4) is 0 Å². The molecule has 0 atom stereocenters. The van der Waals surface area contributed by atoms with Crippen molar-refractivity contribution in [1.82, 2.24) is 15.0 Å². The number of fused-ring (bicyclic) bond motifs is 1. The number of hydrogen-bond acceptors (Lipinski definition) is 3. The molecule has 1 heterocycles. The Morgan fingerprint density at radius 3 is 3.00 bits per heavy atom. The van der Waals surface area contributed by atoms with Crippen LogP contribution >= 0.6 is 0 Å². The van der Waals surface area contributed by atoms with Gasteiger partial charge in [-0.2, -0.15) is 0 Å². The molecule has 0 amide bonds. The van der Waals surface area contributed by atoms with Gasteiger partial charge in [0, 0.05) is 12.2 Å². The van der Waals surface area contributed by atoms with E-state index in [4.69, 9.17) is 5.73 Å². The normalized spacial score (nSPS) is 16.8. The molecule has 78 valence electrons. The van der Waals surface area contributed by atoms with Crippen LogP contribution in [0, 0.1) is 5.92 Å². The Kier molecular flexibility index (Phi) is 1.87. The second-order valence-electron chi connectivity index (χ2n) is 4.32. The molecule has 0 saturated heterocycles. The molecule has 1 aromatic carbocycles. The molecule has 0 aliphatic heterocycles. The summed E-state index contributed by atoms with van der Waals surface area (Å²) < 4.78 is 1.98. The molecule has 0 unspecified atom stereocenters. The highest BCUT2D eigenvalue weighted by atomic mass is 15.4. The maximum Gasteiger partial charge on any atom is 0.113 e. The van der Waals surface area contributed by atoms with Crippen LogP contribution in [0.4, 0.5) is 5.69 Å². The van der Waals surface area contributed by atoms with Crippen LogP contribution in [0.3, 0.4) is 0 Å². The van der Waals surface area contributed by atoms with E-state index in [1.165, 1.54) is 19.3 Å². The van der Waals surface area contributed by atoms with Gasteiger partial charge in [0.1, 0.15) is 5.52 Å². The average molecular weight is 202 g/mol. The number of hydrogen-bond donors (Lipinski definition) is 1. The van der Waals surface area contributed by atoms with Gasteiger partial charge in [0.25, 0.3) is 0 Å². The lowest BCUT2D eigenvalue weighted by Gasteiger charge is -2.24. The fourth-order valence-corrected chi connectivity index (χ4v) is 2.04. The lowest BCUT2D eigenvalue weighted by molar-refractivity contribution is 0.268. The number of aromatic nitrogens is 3. The van der Waals surface area contributed by atoms with Crippen molar-refractivity contribution in [2.24, 2.45) is 5.92 Å². The van der Waals surface area contributed by atoms with E-state index in [9.17, 15) is 0 Å². The number of rotatable bonds is 2. The van der Waals surface area contributed by atoms with E-state index in [2.05, 4.69) is 10.3 Å². The summed E-state index contributed by atoms with van der Waals surface area (Å²) in [6, 6.07) is 5.74. The molecule has 1 fully saturated rings. The van der Waals surface area contributed by atoms with Crippen molar-refractivity contribution < 1.29 is 0 Å². The number of nitrogen functional groups attached to an aromatic ring is 1. The molecule has 2 aromatic rings. The second kappa shape index (κ2) is 3.22. The summed E-state index contributed by atoms with van der Waals surface area (Å²) in [6.07, 6.45) is 4.01. The molecular formula is C11H14N4. The van der Waals surface area contributed by atoms with Gasteiger partial charge in [0.15, 0.2) is 0 Å². The van der Waals surface area contributed by atoms with Crippen LogP contribution in [-0.4, -0.2) is 15.0 Å². The van der Waals surface area contributed by atoms with Gasteiger partial charge in [-0.05, 0) is 37.0 Å². The van der Waals surface area contributed by atoms with Gasteiger partial charge in [-0.1, -0.05) is 11.6 Å². The third-order valence-electron chi connectivity index (χ3n) is 3.19. The van der Waals surface area contributed by atoms with E-state index < -0.39 is 0 Å². The minimum atomic E-state index is 0.777. The molecule has 1 aliphatic carbocycles. The Labute approximate surface area is 88.1 Å². The molecule has 0 bridgehead atoms. The van der Waals surface area contributed by atoms with Crippen molar-refractivity contribution in [2.75, 3.05) is 5.73 Å². The zero-order valence-corrected chi connectivity index (χ0v) is 8.56. The fourth-order valence-electron chi connectivity index (χ4n) is 2.04. The monoisotopic (exact) mass is 202 g/mol. The Morgan fingerprint density at radius 1 is 1.40 bits per heavy atom. The zero-order chi connectivity index (χ0) is 10.3. The van der Waals surface area contributed by atoms with Gasteiger partial charge in [0.2, 0.25) is 0 Å². The zero-order valence-electron chi connectivity index (χ0n) is 8.56. The summed E-state index contributed by atoms with van der Waals surface area (Å²) in [5, 5.41) is 8.30. The standard InChI is InChI=1S/C11H14N4/c12-9-4-5-10-11(6-9)15(14-13-10)7-8-2-1-3-8/h4-6,8H,1-3,7,12H2. The summed E-state index contributed by atoms with van der Waals surface area (Å²) in [5.74, 6) is 0.788. The van der Waals surface area contributed by atoms with Crippen LogP contribution in [0.1, 0.15) is 19.3 Å². The molecule has 1 saturated carbocycles. The second-order valence-corrected chi connectivity index (χ2v) is 4.32. The van der Waals surface area contributed by atoms with Crippen molar-refractivity contribution in [3.63, 3.8) is 0 Å². The lowest BCUT2D eigenvalue weighted by atomic mass is 9.85. The Morgan fingerprint density at radius 2 is 2.27 bits per heavy atom. The molecule has 15 heavy (non-hydrogen) atoms. The van der Waals surface area contributed by atoms with Gasteiger partial charge in [0.05, 0.1) is 5.52 Å². The average Bonchev–Trinajstić information content (AvgIpc) is 2.54. The Bertz CT molecular complexity index is 484. The first-order valence-electron chi connectivity index (χ1n) is 5.41. The van der Waals surface area contributed by atoms with E-state index in [0.29, 0.717) is 0 Å². The third-order valence-corrected chi connectivity index (χ3v) is 3.19. The van der Waals surface area contributed by atoms with E-state index in [1.54, 1.807) is 0 Å². The van der Waals surface area contributed by atoms with Crippen molar-refractivity contribution in [1.29, 1.82) is 0 Å². The SMILES string of the molecule is Nc1ccc2nnn(CC3CCC3)c2c1. The molecule has 0 spiro atoms. The molecular weight excluding hydrogens is 188 g/mol. The van der Waals surface area contributed by atoms with Gasteiger partial charge in [-0.25, -0.2) is 4.68 Å². The van der Waals surface area contributed by atoms with Gasteiger partial charge in [-0.15, -0.1) is 5.10 Å². The van der Waals surface area contributed by atoms with Crippen LogP contribution in [0.2, 0.25) is 0 Å². The van der Waals surface area contributed by atoms with Crippen LogP contribution in [0.15, 0.2) is 18.2 Å². The highest BCUT2D eigenvalue weighted by Gasteiger charge is 2.19. The van der Waals surface area contributed by atoms with E-state index in [0.717, 1.165) is 29.2 Å². The first-order chi connectivity index (χ1) is 7.33. The predicted molar refractivity (Wildman–Crippen MR) is 59.3 cm³/mol. The van der Waals surface area contributed by atoms with E-state index in [-0.39, 0.29) is 0 Å². The molecule has 3 rings (SSSR count). The molecule has 1 aromatic heterocycles. The fraction of sp³-hybridized carbons (Fsp3) is 0.455. The first-order valence-corrected chi connectivity index (χ1v) is 5.41. The minimum absolute atomic E-state index is 0.777. The largest absolute Gasteiger partial charge is 0.399 e. The Hall–Kier alpha value is -1.58. The predicted octanol–water partition coefficient (Wildman–Crippen LogP) is 1.81. The van der Waals surface area contributed by atoms with Gasteiger partial charge in [-0.3, -0.25) is 0 Å². The van der Waals surface area contributed by atoms with Crippen LogP contribution in [0.25, 0.3) is 11.0 Å². The van der Waals surface area contributed by atoms with E-state index in [1.807, 2.05) is 22.9 Å². The summed E-state index contributed by atoms with van der Waals surface area (Å²) >= 11 is 0. The summed E-state index contributed by atoms with van der Waals surface area (Å²) in [7, 11) is 0. The number of anilines is 1. The van der Waals surface area contributed by atoms with Crippen molar-refractivity contribution in [2.45, 2.75) is 25.8 Å². The first kappa shape index (κ1) is 8.71. The highest BCUT2D eigenvalue weighted by Crippen LogP contribution is 2.28. The maximum absolute atomic E-state index is 5.76. The van der Waals surface area contributed by atoms with E-state index >= 15 is 0 Å². The summed E-state index contributed by atoms with van der Waals surface area (Å²) in [6.45, 7) is 0.986. The molecule has 1 aliphatic rings. The summed E-state index contributed by atoms with van der Waals surface area (Å²) in [4.78, 5) is 0.